The first-order valence-electron chi connectivity index (χ1n) is 4.65. The summed E-state index contributed by atoms with van der Waals surface area (Å²) >= 11 is 0. The van der Waals surface area contributed by atoms with Crippen LogP contribution in [0.4, 0.5) is 0 Å². The fourth-order valence-electron chi connectivity index (χ4n) is 1.19. The average molecular weight is 166 g/mol. The lowest BCUT2D eigenvalue weighted by Crippen LogP contribution is -2.30. The van der Waals surface area contributed by atoms with Gasteiger partial charge in [-0.1, -0.05) is 5.92 Å². The van der Waals surface area contributed by atoms with Crippen LogP contribution in [0.1, 0.15) is 19.8 Å². The second kappa shape index (κ2) is 5.18. The van der Waals surface area contributed by atoms with E-state index in [1.54, 1.807) is 0 Å². The SMILES string of the molecule is CC#CCNCCN(C)C1CC1. The van der Waals surface area contributed by atoms with Gasteiger partial charge in [-0.05, 0) is 26.8 Å². The van der Waals surface area contributed by atoms with Gasteiger partial charge in [0.1, 0.15) is 0 Å². The van der Waals surface area contributed by atoms with Gasteiger partial charge in [-0.3, -0.25) is 0 Å². The van der Waals surface area contributed by atoms with Crippen LogP contribution in [-0.4, -0.2) is 37.6 Å². The van der Waals surface area contributed by atoms with Crippen LogP contribution in [0.3, 0.4) is 0 Å². The fourth-order valence-corrected chi connectivity index (χ4v) is 1.19. The lowest BCUT2D eigenvalue weighted by Gasteiger charge is -2.14. The summed E-state index contributed by atoms with van der Waals surface area (Å²) in [6.07, 6.45) is 2.79. The Hall–Kier alpha value is -0.520. The van der Waals surface area contributed by atoms with Crippen molar-refractivity contribution < 1.29 is 0 Å². The summed E-state index contributed by atoms with van der Waals surface area (Å²) in [6, 6.07) is 0.879. The van der Waals surface area contributed by atoms with Gasteiger partial charge in [0.25, 0.3) is 0 Å². The molecule has 0 aromatic rings. The first-order chi connectivity index (χ1) is 5.84. The molecule has 0 aromatic carbocycles. The van der Waals surface area contributed by atoms with Gasteiger partial charge in [0.2, 0.25) is 0 Å². The highest BCUT2D eigenvalue weighted by atomic mass is 15.2. The van der Waals surface area contributed by atoms with E-state index in [0.29, 0.717) is 0 Å². The smallest absolute Gasteiger partial charge is 0.0576 e. The van der Waals surface area contributed by atoms with Crippen LogP contribution in [0.2, 0.25) is 0 Å². The van der Waals surface area contributed by atoms with Gasteiger partial charge in [-0.15, -0.1) is 5.92 Å². The first kappa shape index (κ1) is 9.57. The van der Waals surface area contributed by atoms with Crippen LogP contribution >= 0.6 is 0 Å². The summed E-state index contributed by atoms with van der Waals surface area (Å²) in [5.74, 6) is 5.85. The van der Waals surface area contributed by atoms with Gasteiger partial charge in [0.05, 0.1) is 6.54 Å². The summed E-state index contributed by atoms with van der Waals surface area (Å²) in [7, 11) is 2.20. The summed E-state index contributed by atoms with van der Waals surface area (Å²) in [5.41, 5.74) is 0. The maximum absolute atomic E-state index is 3.28. The molecule has 1 fully saturated rings. The fraction of sp³-hybridized carbons (Fsp3) is 0.800. The van der Waals surface area contributed by atoms with Gasteiger partial charge in [0.15, 0.2) is 0 Å². The minimum atomic E-state index is 0.828. The second-order valence-electron chi connectivity index (χ2n) is 3.32. The largest absolute Gasteiger partial charge is 0.305 e. The maximum atomic E-state index is 3.28. The van der Waals surface area contributed by atoms with Crippen molar-refractivity contribution in [3.05, 3.63) is 0 Å². The zero-order valence-corrected chi connectivity index (χ0v) is 8.06. The van der Waals surface area contributed by atoms with Crippen molar-refractivity contribution in [3.8, 4) is 11.8 Å². The quantitative estimate of drug-likeness (QED) is 0.477. The Bertz CT molecular complexity index is 174. The Balaban J connectivity index is 1.89. The van der Waals surface area contributed by atoms with E-state index in [1.165, 1.54) is 12.8 Å². The minimum absolute atomic E-state index is 0.828. The minimum Gasteiger partial charge on any atom is -0.305 e. The molecule has 1 aliphatic rings. The van der Waals surface area contributed by atoms with Crippen LogP contribution in [-0.2, 0) is 0 Å². The van der Waals surface area contributed by atoms with E-state index in [1.807, 2.05) is 6.92 Å². The molecule has 0 bridgehead atoms. The molecule has 1 aliphatic carbocycles. The maximum Gasteiger partial charge on any atom is 0.0576 e. The monoisotopic (exact) mass is 166 g/mol. The molecule has 0 heterocycles. The topological polar surface area (TPSA) is 15.3 Å². The van der Waals surface area contributed by atoms with Crippen molar-refractivity contribution in [2.45, 2.75) is 25.8 Å². The number of rotatable bonds is 5. The van der Waals surface area contributed by atoms with E-state index in [9.17, 15) is 0 Å². The highest BCUT2D eigenvalue weighted by Crippen LogP contribution is 2.24. The molecule has 0 radical (unpaired) electrons. The summed E-state index contributed by atoms with van der Waals surface area (Å²) < 4.78 is 0. The number of likely N-dealkylation sites (N-methyl/N-ethyl adjacent to an activating group) is 1. The molecule has 2 nitrogen and oxygen atoms in total. The molecule has 1 rings (SSSR count). The predicted molar refractivity (Wildman–Crippen MR) is 52.0 cm³/mol. The normalized spacial score (nSPS) is 15.9. The van der Waals surface area contributed by atoms with Gasteiger partial charge in [0, 0.05) is 19.1 Å². The molecule has 1 N–H and O–H groups in total. The molecule has 0 atom stereocenters. The standard InChI is InChI=1S/C10H18N2/c1-3-4-7-11-8-9-12(2)10-5-6-10/h10-11H,5-9H2,1-2H3. The average Bonchev–Trinajstić information content (AvgIpc) is 2.86. The van der Waals surface area contributed by atoms with Crippen molar-refractivity contribution in [2.24, 2.45) is 0 Å². The molecule has 68 valence electrons. The molecule has 1 saturated carbocycles. The highest BCUT2D eigenvalue weighted by molar-refractivity contribution is 4.96. The molecule has 0 unspecified atom stereocenters. The zero-order chi connectivity index (χ0) is 8.81. The molecule has 12 heavy (non-hydrogen) atoms. The zero-order valence-electron chi connectivity index (χ0n) is 8.06. The Morgan fingerprint density at radius 3 is 2.83 bits per heavy atom. The Labute approximate surface area is 75.3 Å². The van der Waals surface area contributed by atoms with Crippen molar-refractivity contribution in [2.75, 3.05) is 26.7 Å². The number of nitrogens with zero attached hydrogens (tertiary/aromatic N) is 1. The lowest BCUT2D eigenvalue weighted by molar-refractivity contribution is 0.324. The van der Waals surface area contributed by atoms with E-state index in [0.717, 1.165) is 25.7 Å². The van der Waals surface area contributed by atoms with Gasteiger partial charge < -0.3 is 10.2 Å². The Morgan fingerprint density at radius 2 is 2.25 bits per heavy atom. The third-order valence-electron chi connectivity index (χ3n) is 2.20. The van der Waals surface area contributed by atoms with Crippen molar-refractivity contribution >= 4 is 0 Å². The third kappa shape index (κ3) is 3.75. The molecule has 0 aliphatic heterocycles. The van der Waals surface area contributed by atoms with Crippen molar-refractivity contribution in [1.82, 2.24) is 10.2 Å². The van der Waals surface area contributed by atoms with Gasteiger partial charge in [-0.25, -0.2) is 0 Å². The Kier molecular flexibility index (Phi) is 4.13. The third-order valence-corrected chi connectivity index (χ3v) is 2.20. The highest BCUT2D eigenvalue weighted by Gasteiger charge is 2.25. The molecular formula is C10H18N2. The number of nitrogens with one attached hydrogen (secondary N) is 1. The summed E-state index contributed by atoms with van der Waals surface area (Å²) in [4.78, 5) is 2.42. The molecule has 0 saturated heterocycles. The van der Waals surface area contributed by atoms with Gasteiger partial charge in [-0.2, -0.15) is 0 Å². The molecule has 0 amide bonds. The number of hydrogen-bond acceptors (Lipinski definition) is 2. The van der Waals surface area contributed by atoms with Crippen LogP contribution < -0.4 is 5.32 Å². The van der Waals surface area contributed by atoms with E-state index in [2.05, 4.69) is 29.1 Å². The van der Waals surface area contributed by atoms with E-state index < -0.39 is 0 Å². The Morgan fingerprint density at radius 1 is 1.50 bits per heavy atom. The van der Waals surface area contributed by atoms with Crippen molar-refractivity contribution in [1.29, 1.82) is 0 Å². The van der Waals surface area contributed by atoms with E-state index in [4.69, 9.17) is 0 Å². The van der Waals surface area contributed by atoms with Crippen molar-refractivity contribution in [3.63, 3.8) is 0 Å². The lowest BCUT2D eigenvalue weighted by atomic mass is 10.5. The molecular weight excluding hydrogens is 148 g/mol. The van der Waals surface area contributed by atoms with Crippen LogP contribution in [0, 0.1) is 11.8 Å². The van der Waals surface area contributed by atoms with Gasteiger partial charge >= 0.3 is 0 Å². The summed E-state index contributed by atoms with van der Waals surface area (Å²) in [5, 5.41) is 3.28. The molecule has 0 spiro atoms. The van der Waals surface area contributed by atoms with Crippen LogP contribution in [0.25, 0.3) is 0 Å². The number of hydrogen-bond donors (Lipinski definition) is 1. The molecule has 0 aromatic heterocycles. The van der Waals surface area contributed by atoms with Crippen LogP contribution in [0.5, 0.6) is 0 Å². The molecule has 2 heteroatoms. The van der Waals surface area contributed by atoms with E-state index in [-0.39, 0.29) is 0 Å². The van der Waals surface area contributed by atoms with E-state index >= 15 is 0 Å². The first-order valence-corrected chi connectivity index (χ1v) is 4.65. The second-order valence-corrected chi connectivity index (χ2v) is 3.32. The summed E-state index contributed by atoms with van der Waals surface area (Å²) in [6.45, 7) is 4.91. The predicted octanol–water partition coefficient (Wildman–Crippen LogP) is 0.694. The van der Waals surface area contributed by atoms with Crippen LogP contribution in [0.15, 0.2) is 0 Å².